The molecule has 0 fully saturated rings. The Morgan fingerprint density at radius 1 is 1.13 bits per heavy atom. The third-order valence-electron chi connectivity index (χ3n) is 1.97. The van der Waals surface area contributed by atoms with Gasteiger partial charge in [-0.25, -0.2) is 0 Å². The molecule has 0 atom stereocenters. The van der Waals surface area contributed by atoms with Gasteiger partial charge in [-0.05, 0) is 32.7 Å². The molecular weight excluding hydrogens is 194 g/mol. The Morgan fingerprint density at radius 2 is 1.87 bits per heavy atom. The molecule has 0 aromatic rings. The second-order valence-electron chi connectivity index (χ2n) is 3.37. The van der Waals surface area contributed by atoms with Crippen molar-refractivity contribution in [3.8, 4) is 0 Å². The molecule has 0 spiro atoms. The maximum absolute atomic E-state index is 10.9. The standard InChI is InChI=1S/C11H23NO3/c1-2-15-11(13)7-4-3-5-9-14-10-6-8-12/h2-10,12H2,1H3. The minimum absolute atomic E-state index is 0.0958. The summed E-state index contributed by atoms with van der Waals surface area (Å²) in [4.78, 5) is 10.9. The normalized spacial score (nSPS) is 10.3. The van der Waals surface area contributed by atoms with Crippen LogP contribution < -0.4 is 5.73 Å². The van der Waals surface area contributed by atoms with Crippen molar-refractivity contribution in [1.29, 1.82) is 0 Å². The molecule has 0 aliphatic carbocycles. The van der Waals surface area contributed by atoms with E-state index in [1.54, 1.807) is 0 Å². The van der Waals surface area contributed by atoms with Crippen LogP contribution >= 0.6 is 0 Å². The number of hydrogen-bond acceptors (Lipinski definition) is 4. The monoisotopic (exact) mass is 217 g/mol. The minimum Gasteiger partial charge on any atom is -0.466 e. The molecular formula is C11H23NO3. The number of rotatable bonds is 10. The first-order chi connectivity index (χ1) is 7.31. The molecule has 4 heteroatoms. The molecule has 0 saturated heterocycles. The van der Waals surface area contributed by atoms with Crippen LogP contribution in [0.25, 0.3) is 0 Å². The van der Waals surface area contributed by atoms with E-state index in [0.29, 0.717) is 19.6 Å². The Morgan fingerprint density at radius 3 is 2.53 bits per heavy atom. The molecule has 0 amide bonds. The molecule has 0 aromatic carbocycles. The molecule has 0 aliphatic rings. The van der Waals surface area contributed by atoms with E-state index in [4.69, 9.17) is 15.2 Å². The van der Waals surface area contributed by atoms with E-state index >= 15 is 0 Å². The Balaban J connectivity index is 3.01. The summed E-state index contributed by atoms with van der Waals surface area (Å²) in [6, 6.07) is 0. The molecule has 0 rings (SSSR count). The van der Waals surface area contributed by atoms with Gasteiger partial charge in [-0.3, -0.25) is 4.79 Å². The molecule has 2 N–H and O–H groups in total. The van der Waals surface area contributed by atoms with E-state index in [0.717, 1.165) is 38.9 Å². The second kappa shape index (κ2) is 11.5. The highest BCUT2D eigenvalue weighted by Crippen LogP contribution is 2.01. The largest absolute Gasteiger partial charge is 0.466 e. The number of ether oxygens (including phenoxy) is 2. The van der Waals surface area contributed by atoms with Crippen LogP contribution in [0.1, 0.15) is 39.0 Å². The fourth-order valence-electron chi connectivity index (χ4n) is 1.17. The fraction of sp³-hybridized carbons (Fsp3) is 0.909. The zero-order valence-corrected chi connectivity index (χ0v) is 9.67. The van der Waals surface area contributed by atoms with Gasteiger partial charge in [0.2, 0.25) is 0 Å². The number of hydrogen-bond donors (Lipinski definition) is 1. The van der Waals surface area contributed by atoms with Gasteiger partial charge in [-0.2, -0.15) is 0 Å². The number of carbonyl (C=O) groups excluding carboxylic acids is 1. The summed E-state index contributed by atoms with van der Waals surface area (Å²) in [7, 11) is 0. The van der Waals surface area contributed by atoms with Crippen LogP contribution in [0.3, 0.4) is 0 Å². The number of esters is 1. The van der Waals surface area contributed by atoms with Gasteiger partial charge in [0, 0.05) is 19.6 Å². The zero-order valence-electron chi connectivity index (χ0n) is 9.67. The van der Waals surface area contributed by atoms with Crippen molar-refractivity contribution in [1.82, 2.24) is 0 Å². The predicted molar refractivity (Wildman–Crippen MR) is 59.6 cm³/mol. The molecule has 0 bridgehead atoms. The van der Waals surface area contributed by atoms with Crippen LogP contribution in [-0.2, 0) is 14.3 Å². The number of unbranched alkanes of at least 4 members (excludes halogenated alkanes) is 2. The van der Waals surface area contributed by atoms with Gasteiger partial charge >= 0.3 is 5.97 Å². The van der Waals surface area contributed by atoms with Gasteiger partial charge in [0.15, 0.2) is 0 Å². The Kier molecular flexibility index (Phi) is 11.0. The van der Waals surface area contributed by atoms with Crippen LogP contribution in [0.2, 0.25) is 0 Å². The van der Waals surface area contributed by atoms with E-state index < -0.39 is 0 Å². The highest BCUT2D eigenvalue weighted by atomic mass is 16.5. The number of carbonyl (C=O) groups is 1. The smallest absolute Gasteiger partial charge is 0.305 e. The maximum atomic E-state index is 10.9. The van der Waals surface area contributed by atoms with E-state index in [-0.39, 0.29) is 5.97 Å². The summed E-state index contributed by atoms with van der Waals surface area (Å²) in [6.07, 6.45) is 4.35. The van der Waals surface area contributed by atoms with Gasteiger partial charge in [0.05, 0.1) is 6.61 Å². The first-order valence-electron chi connectivity index (χ1n) is 5.74. The fourth-order valence-corrected chi connectivity index (χ4v) is 1.17. The Labute approximate surface area is 92.1 Å². The summed E-state index contributed by atoms with van der Waals surface area (Å²) in [5.41, 5.74) is 5.32. The molecule has 15 heavy (non-hydrogen) atoms. The van der Waals surface area contributed by atoms with E-state index in [2.05, 4.69) is 0 Å². The van der Waals surface area contributed by atoms with Crippen molar-refractivity contribution >= 4 is 5.97 Å². The topological polar surface area (TPSA) is 61.5 Å². The highest BCUT2D eigenvalue weighted by Gasteiger charge is 2.00. The van der Waals surface area contributed by atoms with Crippen molar-refractivity contribution in [2.45, 2.75) is 39.0 Å². The van der Waals surface area contributed by atoms with Gasteiger partial charge in [0.25, 0.3) is 0 Å². The number of nitrogens with two attached hydrogens (primary N) is 1. The van der Waals surface area contributed by atoms with Crippen molar-refractivity contribution in [2.24, 2.45) is 5.73 Å². The zero-order chi connectivity index (χ0) is 11.4. The molecule has 90 valence electrons. The summed E-state index contributed by atoms with van der Waals surface area (Å²) in [5.74, 6) is -0.0958. The van der Waals surface area contributed by atoms with Crippen LogP contribution in [0, 0.1) is 0 Å². The third-order valence-corrected chi connectivity index (χ3v) is 1.97. The summed E-state index contributed by atoms with van der Waals surface area (Å²) in [6.45, 7) is 4.49. The molecule has 0 radical (unpaired) electrons. The highest BCUT2D eigenvalue weighted by molar-refractivity contribution is 5.69. The van der Waals surface area contributed by atoms with Crippen LogP contribution in [0.4, 0.5) is 0 Å². The summed E-state index contributed by atoms with van der Waals surface area (Å²) in [5, 5.41) is 0. The predicted octanol–water partition coefficient (Wildman–Crippen LogP) is 1.48. The van der Waals surface area contributed by atoms with Crippen molar-refractivity contribution < 1.29 is 14.3 Å². The van der Waals surface area contributed by atoms with Gasteiger partial charge < -0.3 is 15.2 Å². The van der Waals surface area contributed by atoms with Gasteiger partial charge in [-0.1, -0.05) is 6.42 Å². The Bertz CT molecular complexity index is 151. The SMILES string of the molecule is CCOC(=O)CCCCCOCCCN. The minimum atomic E-state index is -0.0958. The van der Waals surface area contributed by atoms with E-state index in [9.17, 15) is 4.79 Å². The van der Waals surface area contributed by atoms with Crippen LogP contribution in [0.5, 0.6) is 0 Å². The van der Waals surface area contributed by atoms with Crippen molar-refractivity contribution in [3.63, 3.8) is 0 Å². The van der Waals surface area contributed by atoms with Gasteiger partial charge in [0.1, 0.15) is 0 Å². The average Bonchev–Trinajstić information content (AvgIpc) is 2.22. The first-order valence-corrected chi connectivity index (χ1v) is 5.74. The third kappa shape index (κ3) is 11.3. The molecule has 4 nitrogen and oxygen atoms in total. The van der Waals surface area contributed by atoms with Crippen LogP contribution in [-0.4, -0.2) is 32.3 Å². The lowest BCUT2D eigenvalue weighted by Crippen LogP contribution is -2.05. The van der Waals surface area contributed by atoms with Gasteiger partial charge in [-0.15, -0.1) is 0 Å². The van der Waals surface area contributed by atoms with Crippen molar-refractivity contribution in [3.05, 3.63) is 0 Å². The maximum Gasteiger partial charge on any atom is 0.305 e. The van der Waals surface area contributed by atoms with E-state index in [1.165, 1.54) is 0 Å². The Hall–Kier alpha value is -0.610. The summed E-state index contributed by atoms with van der Waals surface area (Å²) < 4.78 is 10.1. The molecule has 0 unspecified atom stereocenters. The van der Waals surface area contributed by atoms with Crippen LogP contribution in [0.15, 0.2) is 0 Å². The molecule has 0 heterocycles. The lowest BCUT2D eigenvalue weighted by molar-refractivity contribution is -0.143. The molecule has 0 aromatic heterocycles. The lowest BCUT2D eigenvalue weighted by Gasteiger charge is -2.03. The van der Waals surface area contributed by atoms with E-state index in [1.807, 2.05) is 6.92 Å². The van der Waals surface area contributed by atoms with Crippen molar-refractivity contribution in [2.75, 3.05) is 26.4 Å². The average molecular weight is 217 g/mol. The first kappa shape index (κ1) is 14.4. The molecule has 0 aliphatic heterocycles. The lowest BCUT2D eigenvalue weighted by atomic mass is 10.2. The quantitative estimate of drug-likeness (QED) is 0.444. The summed E-state index contributed by atoms with van der Waals surface area (Å²) >= 11 is 0. The molecule has 0 saturated carbocycles. The second-order valence-corrected chi connectivity index (χ2v) is 3.37.